The molecule has 0 fully saturated rings. The molecule has 0 saturated carbocycles. The molecular formula is C71H112O6. The van der Waals surface area contributed by atoms with Gasteiger partial charge in [-0.1, -0.05) is 243 Å². The average molecular weight is 1060 g/mol. The molecule has 0 aromatic carbocycles. The molecule has 1 unspecified atom stereocenters. The summed E-state index contributed by atoms with van der Waals surface area (Å²) in [6.45, 7) is 6.32. The molecule has 0 saturated heterocycles. The molecule has 0 bridgehead atoms. The highest BCUT2D eigenvalue weighted by Gasteiger charge is 2.19. The minimum Gasteiger partial charge on any atom is -0.462 e. The highest BCUT2D eigenvalue weighted by molar-refractivity contribution is 5.71. The number of carbonyl (C=O) groups is 3. The second-order valence-electron chi connectivity index (χ2n) is 19.8. The van der Waals surface area contributed by atoms with Crippen LogP contribution in [0.25, 0.3) is 0 Å². The Morgan fingerprint density at radius 1 is 0.273 bits per heavy atom. The van der Waals surface area contributed by atoms with Crippen molar-refractivity contribution in [2.45, 2.75) is 258 Å². The summed E-state index contributed by atoms with van der Waals surface area (Å²) >= 11 is 0. The molecule has 0 spiro atoms. The molecule has 0 aliphatic carbocycles. The zero-order valence-corrected chi connectivity index (χ0v) is 49.4. The van der Waals surface area contributed by atoms with Crippen LogP contribution in [0.3, 0.4) is 0 Å². The summed E-state index contributed by atoms with van der Waals surface area (Å²) in [4.78, 5) is 38.2. The van der Waals surface area contributed by atoms with E-state index < -0.39 is 6.10 Å². The Labute approximate surface area is 473 Å². The zero-order valence-electron chi connectivity index (χ0n) is 49.4. The van der Waals surface area contributed by atoms with Crippen LogP contribution in [0.15, 0.2) is 158 Å². The van der Waals surface area contributed by atoms with Crippen LogP contribution in [0, 0.1) is 0 Å². The Morgan fingerprint density at radius 2 is 0.506 bits per heavy atom. The third-order valence-corrected chi connectivity index (χ3v) is 12.5. The maximum Gasteiger partial charge on any atom is 0.306 e. The summed E-state index contributed by atoms with van der Waals surface area (Å²) in [5.41, 5.74) is 0. The highest BCUT2D eigenvalue weighted by atomic mass is 16.6. The van der Waals surface area contributed by atoms with E-state index in [9.17, 15) is 14.4 Å². The van der Waals surface area contributed by atoms with Gasteiger partial charge in [0.05, 0.1) is 0 Å². The van der Waals surface area contributed by atoms with Crippen molar-refractivity contribution in [3.63, 3.8) is 0 Å². The monoisotopic (exact) mass is 1060 g/mol. The molecule has 0 aromatic rings. The van der Waals surface area contributed by atoms with Crippen molar-refractivity contribution in [1.82, 2.24) is 0 Å². The molecule has 6 nitrogen and oxygen atoms in total. The van der Waals surface area contributed by atoms with Crippen molar-refractivity contribution >= 4 is 17.9 Å². The van der Waals surface area contributed by atoms with Crippen molar-refractivity contribution in [2.24, 2.45) is 0 Å². The number of esters is 3. The van der Waals surface area contributed by atoms with E-state index in [-0.39, 0.29) is 37.5 Å². The van der Waals surface area contributed by atoms with Gasteiger partial charge in [0.1, 0.15) is 13.2 Å². The second-order valence-corrected chi connectivity index (χ2v) is 19.8. The fourth-order valence-corrected chi connectivity index (χ4v) is 7.91. The van der Waals surface area contributed by atoms with Crippen molar-refractivity contribution < 1.29 is 28.6 Å². The number of ether oxygens (including phenoxy) is 3. The minimum absolute atomic E-state index is 0.112. The molecule has 0 amide bonds. The smallest absolute Gasteiger partial charge is 0.306 e. The molecule has 0 rings (SSSR count). The lowest BCUT2D eigenvalue weighted by atomic mass is 10.1. The molecule has 6 heteroatoms. The SMILES string of the molecule is CC/C=C\C/C=C\C/C=C\C/C=C\C/C=C\C/C=C\C/C=C\CCCCCCCCCC(=O)OCC(COC(=O)CCCCCCC/C=C\C/C=C\CCCCC)OC(=O)CCCC/C=C\C/C=C\C/C=C\C/C=C\CC. The standard InChI is InChI=1S/C71H112O6/c1-4-7-10-13-16-19-22-25-28-29-30-31-32-33-34-35-36-37-38-39-40-41-44-46-49-52-55-58-61-64-70(73)76-67-68(77-71(74)65-62-59-56-53-50-47-43-27-24-21-18-15-12-9-6-3)66-75-69(72)63-60-57-54-51-48-45-42-26-23-20-17-14-11-8-5-2/h7,9-10,12,16-21,25-28,30-31,33-34,36-37,39-40,42-43,50,53,68H,4-6,8,11,13-15,22-24,29,32,35,38,41,44-49,51-52,54-67H2,1-3H3/b10-7-,12-9-,19-16-,20-17-,21-18-,28-25-,31-30-,34-33-,37-36-,40-39-,42-26-,43-27-,53-50-. The molecule has 0 aliphatic rings. The summed E-state index contributed by atoms with van der Waals surface area (Å²) in [7, 11) is 0. The first-order chi connectivity index (χ1) is 38.0. The van der Waals surface area contributed by atoms with Crippen LogP contribution in [0.1, 0.15) is 252 Å². The Bertz CT molecular complexity index is 1740. The van der Waals surface area contributed by atoms with Crippen LogP contribution < -0.4 is 0 Å². The van der Waals surface area contributed by atoms with Gasteiger partial charge in [0, 0.05) is 19.3 Å². The van der Waals surface area contributed by atoms with Gasteiger partial charge in [-0.05, 0) is 148 Å². The van der Waals surface area contributed by atoms with Crippen LogP contribution >= 0.6 is 0 Å². The lowest BCUT2D eigenvalue weighted by molar-refractivity contribution is -0.167. The van der Waals surface area contributed by atoms with Gasteiger partial charge in [-0.2, -0.15) is 0 Å². The number of unbranched alkanes of at least 4 members (excludes halogenated alkanes) is 17. The average Bonchev–Trinajstić information content (AvgIpc) is 3.43. The van der Waals surface area contributed by atoms with E-state index in [1.807, 2.05) is 0 Å². The molecule has 0 heterocycles. The first-order valence-electron chi connectivity index (χ1n) is 31.0. The molecular weight excluding hydrogens is 949 g/mol. The molecule has 77 heavy (non-hydrogen) atoms. The molecule has 432 valence electrons. The Morgan fingerprint density at radius 3 is 0.818 bits per heavy atom. The summed E-state index contributed by atoms with van der Waals surface area (Å²) in [5, 5.41) is 0. The maximum absolute atomic E-state index is 12.9. The van der Waals surface area contributed by atoms with E-state index in [0.717, 1.165) is 154 Å². The van der Waals surface area contributed by atoms with Crippen LogP contribution in [-0.4, -0.2) is 37.2 Å². The minimum atomic E-state index is -0.819. The summed E-state index contributed by atoms with van der Waals surface area (Å²) in [5.74, 6) is -0.983. The largest absolute Gasteiger partial charge is 0.462 e. The van der Waals surface area contributed by atoms with E-state index in [2.05, 4.69) is 179 Å². The first kappa shape index (κ1) is 72.0. The fraction of sp³-hybridized carbons (Fsp3) is 0.592. The van der Waals surface area contributed by atoms with Gasteiger partial charge in [-0.3, -0.25) is 14.4 Å². The number of hydrogen-bond acceptors (Lipinski definition) is 6. The van der Waals surface area contributed by atoms with Crippen molar-refractivity contribution in [2.75, 3.05) is 13.2 Å². The number of carbonyl (C=O) groups excluding carboxylic acids is 3. The van der Waals surface area contributed by atoms with Gasteiger partial charge in [-0.25, -0.2) is 0 Å². The van der Waals surface area contributed by atoms with Gasteiger partial charge >= 0.3 is 17.9 Å². The van der Waals surface area contributed by atoms with Gasteiger partial charge in [0.2, 0.25) is 0 Å². The lowest BCUT2D eigenvalue weighted by Crippen LogP contribution is -2.30. The molecule has 0 aliphatic heterocycles. The summed E-state index contributed by atoms with van der Waals surface area (Å²) in [6.07, 6.45) is 92.4. The summed E-state index contributed by atoms with van der Waals surface area (Å²) in [6, 6.07) is 0. The van der Waals surface area contributed by atoms with Gasteiger partial charge < -0.3 is 14.2 Å². The highest BCUT2D eigenvalue weighted by Crippen LogP contribution is 2.13. The normalized spacial score (nSPS) is 13.2. The van der Waals surface area contributed by atoms with E-state index in [4.69, 9.17) is 14.2 Å². The Hall–Kier alpha value is -4.97. The third kappa shape index (κ3) is 61.8. The topological polar surface area (TPSA) is 78.9 Å². The van der Waals surface area contributed by atoms with Gasteiger partial charge in [0.15, 0.2) is 6.10 Å². The lowest BCUT2D eigenvalue weighted by Gasteiger charge is -2.18. The summed E-state index contributed by atoms with van der Waals surface area (Å²) < 4.78 is 16.8. The van der Waals surface area contributed by atoms with E-state index >= 15 is 0 Å². The quantitative estimate of drug-likeness (QED) is 0.0261. The van der Waals surface area contributed by atoms with E-state index in [1.54, 1.807) is 0 Å². The van der Waals surface area contributed by atoms with Crippen LogP contribution in [0.4, 0.5) is 0 Å². The Kier molecular flexibility index (Phi) is 59.5. The predicted octanol–water partition coefficient (Wildman–Crippen LogP) is 21.3. The van der Waals surface area contributed by atoms with Crippen molar-refractivity contribution in [3.05, 3.63) is 158 Å². The second kappa shape index (κ2) is 63.6. The fourth-order valence-electron chi connectivity index (χ4n) is 7.91. The van der Waals surface area contributed by atoms with Crippen molar-refractivity contribution in [1.29, 1.82) is 0 Å². The molecule has 1 atom stereocenters. The number of allylic oxidation sites excluding steroid dienone is 26. The molecule has 0 radical (unpaired) electrons. The molecule has 0 N–H and O–H groups in total. The number of rotatable bonds is 54. The van der Waals surface area contributed by atoms with Gasteiger partial charge in [-0.15, -0.1) is 0 Å². The zero-order chi connectivity index (χ0) is 55.7. The van der Waals surface area contributed by atoms with E-state index in [1.165, 1.54) is 51.4 Å². The maximum atomic E-state index is 12.9. The Balaban J connectivity index is 4.41. The van der Waals surface area contributed by atoms with Crippen LogP contribution in [-0.2, 0) is 28.6 Å². The third-order valence-electron chi connectivity index (χ3n) is 12.5. The molecule has 0 aromatic heterocycles. The number of hydrogen-bond donors (Lipinski definition) is 0. The van der Waals surface area contributed by atoms with E-state index in [0.29, 0.717) is 19.3 Å². The predicted molar refractivity (Wildman–Crippen MR) is 334 cm³/mol. The van der Waals surface area contributed by atoms with Crippen molar-refractivity contribution in [3.8, 4) is 0 Å². The first-order valence-corrected chi connectivity index (χ1v) is 31.0. The van der Waals surface area contributed by atoms with Gasteiger partial charge in [0.25, 0.3) is 0 Å². The van der Waals surface area contributed by atoms with Crippen LogP contribution in [0.2, 0.25) is 0 Å². The van der Waals surface area contributed by atoms with Crippen LogP contribution in [0.5, 0.6) is 0 Å².